The van der Waals surface area contributed by atoms with Crippen molar-refractivity contribution >= 4 is 5.91 Å². The summed E-state index contributed by atoms with van der Waals surface area (Å²) in [5.41, 5.74) is 0.260. The Morgan fingerprint density at radius 3 is 3.04 bits per heavy atom. The van der Waals surface area contributed by atoms with E-state index in [0.717, 1.165) is 0 Å². The smallest absolute Gasteiger partial charge is 0.270 e. The summed E-state index contributed by atoms with van der Waals surface area (Å²) in [4.78, 5) is 16.7. The summed E-state index contributed by atoms with van der Waals surface area (Å²) in [6, 6.07) is 3.02. The van der Waals surface area contributed by atoms with E-state index in [4.69, 9.17) is 18.9 Å². The van der Waals surface area contributed by atoms with Crippen LogP contribution in [-0.4, -0.2) is 59.2 Å². The molecule has 2 aromatic rings. The Morgan fingerprint density at radius 1 is 1.32 bits per heavy atom. The van der Waals surface area contributed by atoms with Crippen molar-refractivity contribution in [2.45, 2.75) is 12.1 Å². The molecule has 25 heavy (non-hydrogen) atoms. The quantitative estimate of drug-likeness (QED) is 0.842. The number of ether oxygens (including phenoxy) is 4. The third-order valence-corrected chi connectivity index (χ3v) is 3.95. The molecule has 2 aliphatic rings. The molecule has 2 atom stereocenters. The number of pyridine rings is 1. The third-order valence-electron chi connectivity index (χ3n) is 3.95. The predicted molar refractivity (Wildman–Crippen MR) is 84.9 cm³/mol. The van der Waals surface area contributed by atoms with E-state index in [1.807, 2.05) is 7.05 Å². The lowest BCUT2D eigenvalue weighted by atomic mass is 10.2. The van der Waals surface area contributed by atoms with Crippen molar-refractivity contribution in [3.63, 3.8) is 0 Å². The SMILES string of the molecule is Cn1cc(O[C@@H]2COC[C@@H]2NC(=O)c2ccc3c(n2)OCCO3)cn1. The van der Waals surface area contributed by atoms with Crippen molar-refractivity contribution < 1.29 is 23.7 Å². The van der Waals surface area contributed by atoms with Gasteiger partial charge in [0.1, 0.15) is 25.0 Å². The van der Waals surface area contributed by atoms with E-state index in [1.165, 1.54) is 0 Å². The second-order valence-corrected chi connectivity index (χ2v) is 5.82. The topological polar surface area (TPSA) is 96.7 Å². The van der Waals surface area contributed by atoms with Gasteiger partial charge in [-0.25, -0.2) is 4.98 Å². The third kappa shape index (κ3) is 3.36. The highest BCUT2D eigenvalue weighted by atomic mass is 16.6. The van der Waals surface area contributed by atoms with Gasteiger partial charge in [-0.05, 0) is 12.1 Å². The van der Waals surface area contributed by atoms with Crippen LogP contribution in [0.3, 0.4) is 0 Å². The predicted octanol–water partition coefficient (Wildman–Crippen LogP) is 0.162. The van der Waals surface area contributed by atoms with Gasteiger partial charge in [-0.15, -0.1) is 0 Å². The van der Waals surface area contributed by atoms with Gasteiger partial charge in [-0.1, -0.05) is 0 Å². The summed E-state index contributed by atoms with van der Waals surface area (Å²) < 4.78 is 23.8. The van der Waals surface area contributed by atoms with E-state index in [9.17, 15) is 4.79 Å². The van der Waals surface area contributed by atoms with E-state index in [2.05, 4.69) is 15.4 Å². The number of nitrogens with one attached hydrogen (secondary N) is 1. The molecule has 1 amide bonds. The molecule has 0 radical (unpaired) electrons. The summed E-state index contributed by atoms with van der Waals surface area (Å²) >= 11 is 0. The van der Waals surface area contributed by atoms with Crippen LogP contribution >= 0.6 is 0 Å². The standard InChI is InChI=1S/C16H18N4O5/c1-20-7-10(6-17-20)25-14-9-22-8-12(14)18-15(21)11-2-3-13-16(19-11)24-5-4-23-13/h2-3,6-7,12,14H,4-5,8-9H2,1H3,(H,18,21)/t12-,14+/m0/s1. The van der Waals surface area contributed by atoms with E-state index in [-0.39, 0.29) is 23.7 Å². The monoisotopic (exact) mass is 346 g/mol. The summed E-state index contributed by atoms with van der Waals surface area (Å²) in [6.07, 6.45) is 3.10. The first-order valence-electron chi connectivity index (χ1n) is 7.99. The van der Waals surface area contributed by atoms with E-state index < -0.39 is 0 Å². The molecular weight excluding hydrogens is 328 g/mol. The van der Waals surface area contributed by atoms with Gasteiger partial charge in [0.2, 0.25) is 0 Å². The van der Waals surface area contributed by atoms with Crippen LogP contribution in [0, 0.1) is 0 Å². The molecule has 2 aliphatic heterocycles. The minimum atomic E-state index is -0.313. The van der Waals surface area contributed by atoms with Crippen molar-refractivity contribution in [3.8, 4) is 17.4 Å². The van der Waals surface area contributed by atoms with Crippen molar-refractivity contribution in [2.24, 2.45) is 7.05 Å². The van der Waals surface area contributed by atoms with Gasteiger partial charge in [0.25, 0.3) is 11.8 Å². The maximum atomic E-state index is 12.5. The van der Waals surface area contributed by atoms with Gasteiger partial charge >= 0.3 is 0 Å². The molecule has 0 aliphatic carbocycles. The number of hydrogen-bond donors (Lipinski definition) is 1. The molecular formula is C16H18N4O5. The second-order valence-electron chi connectivity index (χ2n) is 5.82. The van der Waals surface area contributed by atoms with Crippen LogP contribution in [0.4, 0.5) is 0 Å². The van der Waals surface area contributed by atoms with E-state index in [0.29, 0.717) is 43.8 Å². The van der Waals surface area contributed by atoms with Crippen LogP contribution < -0.4 is 19.5 Å². The van der Waals surface area contributed by atoms with Crippen LogP contribution in [0.1, 0.15) is 10.5 Å². The minimum absolute atomic E-state index is 0.260. The lowest BCUT2D eigenvalue weighted by Crippen LogP contribution is -2.45. The second kappa shape index (κ2) is 6.60. The van der Waals surface area contributed by atoms with Crippen molar-refractivity contribution in [1.29, 1.82) is 0 Å². The molecule has 0 aromatic carbocycles. The van der Waals surface area contributed by atoms with Crippen molar-refractivity contribution in [2.75, 3.05) is 26.4 Å². The highest BCUT2D eigenvalue weighted by Crippen LogP contribution is 2.27. The molecule has 1 fully saturated rings. The van der Waals surface area contributed by atoms with Crippen LogP contribution in [-0.2, 0) is 11.8 Å². The average molecular weight is 346 g/mol. The van der Waals surface area contributed by atoms with Crippen LogP contribution in [0.5, 0.6) is 17.4 Å². The Balaban J connectivity index is 1.42. The minimum Gasteiger partial charge on any atom is -0.484 e. The molecule has 4 heterocycles. The fourth-order valence-electron chi connectivity index (χ4n) is 2.72. The van der Waals surface area contributed by atoms with Crippen LogP contribution in [0.15, 0.2) is 24.5 Å². The van der Waals surface area contributed by atoms with Crippen LogP contribution in [0.25, 0.3) is 0 Å². The molecule has 2 aromatic heterocycles. The Hall–Kier alpha value is -2.81. The fourth-order valence-corrected chi connectivity index (χ4v) is 2.72. The zero-order valence-corrected chi connectivity index (χ0v) is 13.7. The van der Waals surface area contributed by atoms with Gasteiger partial charge in [0, 0.05) is 7.05 Å². The Bertz CT molecular complexity index is 778. The lowest BCUT2D eigenvalue weighted by molar-refractivity contribution is 0.0896. The summed E-state index contributed by atoms with van der Waals surface area (Å²) in [7, 11) is 1.81. The normalized spacial score (nSPS) is 21.8. The summed E-state index contributed by atoms with van der Waals surface area (Å²) in [5, 5.41) is 6.97. The number of amides is 1. The molecule has 1 saturated heterocycles. The molecule has 1 N–H and O–H groups in total. The fraction of sp³-hybridized carbons (Fsp3) is 0.438. The number of carbonyl (C=O) groups is 1. The number of fused-ring (bicyclic) bond motifs is 1. The zero-order valence-electron chi connectivity index (χ0n) is 13.7. The van der Waals surface area contributed by atoms with Gasteiger partial charge in [-0.3, -0.25) is 9.48 Å². The summed E-state index contributed by atoms with van der Waals surface area (Å²) in [6.45, 7) is 1.67. The van der Waals surface area contributed by atoms with Crippen LogP contribution in [0.2, 0.25) is 0 Å². The van der Waals surface area contributed by atoms with E-state index >= 15 is 0 Å². The molecule has 9 nitrogen and oxygen atoms in total. The van der Waals surface area contributed by atoms with Crippen molar-refractivity contribution in [3.05, 3.63) is 30.2 Å². The van der Waals surface area contributed by atoms with Gasteiger partial charge in [0.05, 0.1) is 31.6 Å². The average Bonchev–Trinajstić information content (AvgIpc) is 3.24. The van der Waals surface area contributed by atoms with Gasteiger partial charge in [0.15, 0.2) is 11.5 Å². The first-order chi connectivity index (χ1) is 12.2. The largest absolute Gasteiger partial charge is 0.484 e. The molecule has 0 unspecified atom stereocenters. The van der Waals surface area contributed by atoms with Gasteiger partial charge in [-0.2, -0.15) is 5.10 Å². The van der Waals surface area contributed by atoms with E-state index in [1.54, 1.807) is 29.2 Å². The number of aryl methyl sites for hydroxylation is 1. The first-order valence-corrected chi connectivity index (χ1v) is 7.99. The molecule has 9 heteroatoms. The first kappa shape index (κ1) is 15.7. The maximum absolute atomic E-state index is 12.5. The Labute approximate surface area is 143 Å². The number of aromatic nitrogens is 3. The van der Waals surface area contributed by atoms with Crippen molar-refractivity contribution in [1.82, 2.24) is 20.1 Å². The number of carbonyl (C=O) groups excluding carboxylic acids is 1. The number of rotatable bonds is 4. The lowest BCUT2D eigenvalue weighted by Gasteiger charge is -2.20. The molecule has 0 saturated carbocycles. The number of nitrogens with zero attached hydrogens (tertiary/aromatic N) is 3. The van der Waals surface area contributed by atoms with Gasteiger partial charge < -0.3 is 24.3 Å². The highest BCUT2D eigenvalue weighted by Gasteiger charge is 2.32. The molecule has 0 bridgehead atoms. The highest BCUT2D eigenvalue weighted by molar-refractivity contribution is 5.92. The maximum Gasteiger partial charge on any atom is 0.270 e. The zero-order chi connectivity index (χ0) is 17.2. The molecule has 0 spiro atoms. The Morgan fingerprint density at radius 2 is 2.20 bits per heavy atom. The molecule has 132 valence electrons. The molecule has 4 rings (SSSR count). The summed E-state index contributed by atoms with van der Waals surface area (Å²) in [5.74, 6) is 1.21. The number of hydrogen-bond acceptors (Lipinski definition) is 7. The Kier molecular flexibility index (Phi) is 4.14.